The molecular weight excluding hydrogens is 320 g/mol. The number of hydrogen-bond acceptors (Lipinski definition) is 5. The van der Waals surface area contributed by atoms with Gasteiger partial charge in [-0.05, 0) is 18.6 Å². The number of hydrogen-bond donors (Lipinski definition) is 0. The molecule has 0 fully saturated rings. The van der Waals surface area contributed by atoms with Crippen LogP contribution in [0.25, 0.3) is 0 Å². The fraction of sp³-hybridized carbons (Fsp3) is 0.444. The Labute approximate surface area is 145 Å². The molecule has 7 nitrogen and oxygen atoms in total. The number of ether oxygens (including phenoxy) is 1. The van der Waals surface area contributed by atoms with Gasteiger partial charge in [0.2, 0.25) is 0 Å². The minimum Gasteiger partial charge on any atom is -0.445 e. The molecule has 130 valence electrons. The second kappa shape index (κ2) is 5.68. The molecule has 4 rings (SSSR count). The first-order valence-electron chi connectivity index (χ1n) is 8.53. The summed E-state index contributed by atoms with van der Waals surface area (Å²) in [6.07, 6.45) is 1.20. The van der Waals surface area contributed by atoms with Gasteiger partial charge in [-0.3, -0.25) is 4.79 Å². The molecule has 2 aliphatic rings. The number of fused-ring (bicyclic) bond motifs is 2. The molecule has 0 saturated carbocycles. The highest BCUT2D eigenvalue weighted by Crippen LogP contribution is 2.30. The number of benzene rings is 1. The van der Waals surface area contributed by atoms with Gasteiger partial charge in [-0.1, -0.05) is 25.1 Å². The number of aryl methyl sites for hydroxylation is 1. The van der Waals surface area contributed by atoms with E-state index in [1.807, 2.05) is 19.1 Å². The SMILES string of the molecule is CCc1nnc2n1CCN(C(=O)[C@@]1(C)Cc3ccccc3C(=O)O1)C2. The molecular formula is C18H20N4O3. The van der Waals surface area contributed by atoms with E-state index in [2.05, 4.69) is 14.8 Å². The van der Waals surface area contributed by atoms with E-state index in [0.717, 1.165) is 23.6 Å². The minimum atomic E-state index is -1.18. The number of carbonyl (C=O) groups is 2. The molecule has 2 aromatic rings. The van der Waals surface area contributed by atoms with Crippen LogP contribution in [0.1, 0.15) is 41.4 Å². The predicted molar refractivity (Wildman–Crippen MR) is 88.8 cm³/mol. The van der Waals surface area contributed by atoms with Crippen molar-refractivity contribution in [2.24, 2.45) is 0 Å². The van der Waals surface area contributed by atoms with Crippen LogP contribution in [-0.2, 0) is 35.5 Å². The van der Waals surface area contributed by atoms with E-state index in [4.69, 9.17) is 4.74 Å². The van der Waals surface area contributed by atoms with Crippen LogP contribution < -0.4 is 0 Å². The average Bonchev–Trinajstić information content (AvgIpc) is 3.03. The molecule has 25 heavy (non-hydrogen) atoms. The van der Waals surface area contributed by atoms with E-state index >= 15 is 0 Å². The van der Waals surface area contributed by atoms with Crippen LogP contribution in [-0.4, -0.2) is 43.7 Å². The smallest absolute Gasteiger partial charge is 0.339 e. The highest BCUT2D eigenvalue weighted by Gasteiger charge is 2.45. The monoisotopic (exact) mass is 340 g/mol. The molecule has 1 atom stereocenters. The molecule has 0 aliphatic carbocycles. The number of nitrogens with zero attached hydrogens (tertiary/aromatic N) is 4. The summed E-state index contributed by atoms with van der Waals surface area (Å²) in [7, 11) is 0. The minimum absolute atomic E-state index is 0.178. The number of rotatable bonds is 2. The average molecular weight is 340 g/mol. The second-order valence-electron chi connectivity index (χ2n) is 6.72. The largest absolute Gasteiger partial charge is 0.445 e. The summed E-state index contributed by atoms with van der Waals surface area (Å²) in [5, 5.41) is 8.36. The summed E-state index contributed by atoms with van der Waals surface area (Å²) in [6.45, 7) is 5.35. The third-order valence-corrected chi connectivity index (χ3v) is 4.97. The Morgan fingerprint density at radius 2 is 2.08 bits per heavy atom. The van der Waals surface area contributed by atoms with Gasteiger partial charge in [0.15, 0.2) is 11.4 Å². The molecule has 0 radical (unpaired) electrons. The number of carbonyl (C=O) groups excluding carboxylic acids is 2. The van der Waals surface area contributed by atoms with Crippen molar-refractivity contribution in [1.29, 1.82) is 0 Å². The summed E-state index contributed by atoms with van der Waals surface area (Å²) < 4.78 is 7.62. The van der Waals surface area contributed by atoms with Gasteiger partial charge >= 0.3 is 5.97 Å². The Morgan fingerprint density at radius 3 is 2.88 bits per heavy atom. The number of aromatic nitrogens is 3. The van der Waals surface area contributed by atoms with Crippen molar-refractivity contribution in [3.05, 3.63) is 47.0 Å². The van der Waals surface area contributed by atoms with Gasteiger partial charge in [0, 0.05) is 25.9 Å². The van der Waals surface area contributed by atoms with Gasteiger partial charge < -0.3 is 14.2 Å². The quantitative estimate of drug-likeness (QED) is 0.772. The topological polar surface area (TPSA) is 77.3 Å². The van der Waals surface area contributed by atoms with Crippen LogP contribution in [0, 0.1) is 0 Å². The predicted octanol–water partition coefficient (Wildman–Crippen LogP) is 1.35. The Kier molecular flexibility index (Phi) is 3.59. The maximum absolute atomic E-state index is 13.1. The van der Waals surface area contributed by atoms with Gasteiger partial charge in [0.05, 0.1) is 12.1 Å². The van der Waals surface area contributed by atoms with Gasteiger partial charge in [0.25, 0.3) is 5.91 Å². The normalized spacial score (nSPS) is 22.2. The molecule has 3 heterocycles. The zero-order valence-corrected chi connectivity index (χ0v) is 14.4. The zero-order valence-electron chi connectivity index (χ0n) is 14.4. The number of esters is 1. The van der Waals surface area contributed by atoms with Crippen molar-refractivity contribution in [1.82, 2.24) is 19.7 Å². The highest BCUT2D eigenvalue weighted by atomic mass is 16.6. The van der Waals surface area contributed by atoms with E-state index < -0.39 is 11.6 Å². The first-order chi connectivity index (χ1) is 12.0. The van der Waals surface area contributed by atoms with Gasteiger partial charge in [-0.15, -0.1) is 10.2 Å². The molecule has 2 aliphatic heterocycles. The summed E-state index contributed by atoms with van der Waals surface area (Å²) in [6, 6.07) is 7.28. The lowest BCUT2D eigenvalue weighted by Crippen LogP contribution is -2.54. The molecule has 0 saturated heterocycles. The molecule has 0 N–H and O–H groups in total. The van der Waals surface area contributed by atoms with Crippen molar-refractivity contribution in [2.45, 2.75) is 45.4 Å². The Balaban J connectivity index is 1.58. The number of amides is 1. The van der Waals surface area contributed by atoms with Crippen molar-refractivity contribution in [3.8, 4) is 0 Å². The third kappa shape index (κ3) is 2.50. The van der Waals surface area contributed by atoms with Crippen LogP contribution in [0.2, 0.25) is 0 Å². The van der Waals surface area contributed by atoms with E-state index in [0.29, 0.717) is 31.6 Å². The van der Waals surface area contributed by atoms with E-state index in [9.17, 15) is 9.59 Å². The fourth-order valence-electron chi connectivity index (χ4n) is 3.64. The maximum Gasteiger partial charge on any atom is 0.339 e. The van der Waals surface area contributed by atoms with E-state index in [-0.39, 0.29) is 5.91 Å². The summed E-state index contributed by atoms with van der Waals surface area (Å²) in [4.78, 5) is 27.1. The lowest BCUT2D eigenvalue weighted by Gasteiger charge is -2.38. The molecule has 1 aromatic heterocycles. The van der Waals surface area contributed by atoms with Crippen molar-refractivity contribution in [2.75, 3.05) is 6.54 Å². The fourth-order valence-corrected chi connectivity index (χ4v) is 3.64. The summed E-state index contributed by atoms with van der Waals surface area (Å²) in [5.41, 5.74) is 0.211. The Hall–Kier alpha value is -2.70. The van der Waals surface area contributed by atoms with Crippen LogP contribution in [0.5, 0.6) is 0 Å². The van der Waals surface area contributed by atoms with Crippen LogP contribution in [0.3, 0.4) is 0 Å². The van der Waals surface area contributed by atoms with Crippen LogP contribution in [0.4, 0.5) is 0 Å². The lowest BCUT2D eigenvalue weighted by atomic mass is 9.88. The van der Waals surface area contributed by atoms with Gasteiger partial charge in [-0.25, -0.2) is 4.79 Å². The van der Waals surface area contributed by atoms with Gasteiger partial charge in [-0.2, -0.15) is 0 Å². The summed E-state index contributed by atoms with van der Waals surface area (Å²) in [5.74, 6) is 1.10. The zero-order chi connectivity index (χ0) is 17.6. The van der Waals surface area contributed by atoms with E-state index in [1.165, 1.54) is 0 Å². The standard InChI is InChI=1S/C18H20N4O3/c1-3-14-19-20-15-11-21(8-9-22(14)15)17(24)18(2)10-12-6-4-5-7-13(12)16(23)25-18/h4-7H,3,8-11H2,1-2H3/t18-/m1/s1. The maximum atomic E-state index is 13.1. The van der Waals surface area contributed by atoms with Crippen molar-refractivity contribution >= 4 is 11.9 Å². The van der Waals surface area contributed by atoms with Crippen LogP contribution in [0.15, 0.2) is 24.3 Å². The molecule has 0 unspecified atom stereocenters. The van der Waals surface area contributed by atoms with Crippen molar-refractivity contribution in [3.63, 3.8) is 0 Å². The molecule has 1 amide bonds. The van der Waals surface area contributed by atoms with Crippen LogP contribution >= 0.6 is 0 Å². The lowest BCUT2D eigenvalue weighted by molar-refractivity contribution is -0.152. The second-order valence-corrected chi connectivity index (χ2v) is 6.72. The van der Waals surface area contributed by atoms with Gasteiger partial charge in [0.1, 0.15) is 5.82 Å². The summed E-state index contributed by atoms with van der Waals surface area (Å²) >= 11 is 0. The Morgan fingerprint density at radius 1 is 1.28 bits per heavy atom. The van der Waals surface area contributed by atoms with Crippen molar-refractivity contribution < 1.29 is 14.3 Å². The molecule has 1 aromatic carbocycles. The Bertz CT molecular complexity index is 860. The molecule has 0 bridgehead atoms. The third-order valence-electron chi connectivity index (χ3n) is 4.97. The molecule has 7 heteroatoms. The highest BCUT2D eigenvalue weighted by molar-refractivity contribution is 5.97. The number of cyclic esters (lactones) is 1. The first kappa shape index (κ1) is 15.8. The first-order valence-corrected chi connectivity index (χ1v) is 8.53. The van der Waals surface area contributed by atoms with E-state index in [1.54, 1.807) is 24.0 Å². The molecule has 0 spiro atoms.